The average molecular weight is 278 g/mol. The van der Waals surface area contributed by atoms with Crippen LogP contribution in [0.4, 0.5) is 0 Å². The number of rotatable bonds is 6. The van der Waals surface area contributed by atoms with Crippen molar-refractivity contribution in [3.8, 4) is 11.5 Å². The van der Waals surface area contributed by atoms with Crippen molar-refractivity contribution in [3.63, 3.8) is 0 Å². The summed E-state index contributed by atoms with van der Waals surface area (Å²) in [6, 6.07) is 8.37. The number of benzene rings is 1. The number of likely N-dealkylation sites (tertiary alicyclic amines) is 1. The molecular formula is C16H26N2O2. The average Bonchev–Trinajstić information content (AvgIpc) is 2.95. The van der Waals surface area contributed by atoms with Gasteiger partial charge in [0.25, 0.3) is 0 Å². The Balaban J connectivity index is 1.85. The number of nitrogens with two attached hydrogens (primary N) is 1. The smallest absolute Gasteiger partial charge is 0.161 e. The zero-order chi connectivity index (χ0) is 14.5. The zero-order valence-corrected chi connectivity index (χ0v) is 12.7. The molecule has 0 radical (unpaired) electrons. The maximum Gasteiger partial charge on any atom is 0.161 e. The van der Waals surface area contributed by atoms with Crippen LogP contribution in [0.15, 0.2) is 24.3 Å². The highest BCUT2D eigenvalue weighted by Gasteiger charge is 2.29. The molecule has 2 N–H and O–H groups in total. The van der Waals surface area contributed by atoms with Crippen LogP contribution in [-0.2, 0) is 0 Å². The lowest BCUT2D eigenvalue weighted by atomic mass is 10.0. The van der Waals surface area contributed by atoms with Crippen molar-refractivity contribution >= 4 is 0 Å². The van der Waals surface area contributed by atoms with E-state index >= 15 is 0 Å². The van der Waals surface area contributed by atoms with Crippen molar-refractivity contribution in [2.75, 3.05) is 26.8 Å². The van der Waals surface area contributed by atoms with E-state index in [0.717, 1.165) is 31.0 Å². The second-order valence-electron chi connectivity index (χ2n) is 5.76. The standard InChI is InChI=1S/C16H26N2O2/c1-12(2)18-9-8-13(10-18)14(17)11-20-16-7-5-4-6-15(16)19-3/h4-7,12-14H,8-11,17H2,1-3H3. The summed E-state index contributed by atoms with van der Waals surface area (Å²) in [4.78, 5) is 2.48. The van der Waals surface area contributed by atoms with Crippen LogP contribution in [0.5, 0.6) is 11.5 Å². The molecule has 1 heterocycles. The van der Waals surface area contributed by atoms with E-state index in [9.17, 15) is 0 Å². The topological polar surface area (TPSA) is 47.7 Å². The minimum absolute atomic E-state index is 0.0728. The van der Waals surface area contributed by atoms with Gasteiger partial charge in [0.1, 0.15) is 6.61 Å². The second kappa shape index (κ2) is 6.95. The molecule has 0 aromatic heterocycles. The molecule has 0 saturated carbocycles. The molecule has 1 saturated heterocycles. The molecule has 112 valence electrons. The fourth-order valence-electron chi connectivity index (χ4n) is 2.69. The first-order valence-corrected chi connectivity index (χ1v) is 7.37. The molecular weight excluding hydrogens is 252 g/mol. The lowest BCUT2D eigenvalue weighted by Crippen LogP contribution is -2.38. The molecule has 0 bridgehead atoms. The molecule has 0 spiro atoms. The predicted octanol–water partition coefficient (Wildman–Crippen LogP) is 2.13. The number of ether oxygens (including phenoxy) is 2. The summed E-state index contributed by atoms with van der Waals surface area (Å²) in [5.41, 5.74) is 6.29. The van der Waals surface area contributed by atoms with Crippen molar-refractivity contribution in [3.05, 3.63) is 24.3 Å². The molecule has 2 rings (SSSR count). The van der Waals surface area contributed by atoms with Crippen LogP contribution in [0.3, 0.4) is 0 Å². The minimum atomic E-state index is 0.0728. The van der Waals surface area contributed by atoms with E-state index in [0.29, 0.717) is 18.6 Å². The van der Waals surface area contributed by atoms with Gasteiger partial charge in [-0.3, -0.25) is 0 Å². The van der Waals surface area contributed by atoms with Crippen molar-refractivity contribution in [1.82, 2.24) is 4.90 Å². The number of para-hydroxylation sites is 2. The molecule has 4 heteroatoms. The van der Waals surface area contributed by atoms with E-state index in [-0.39, 0.29) is 6.04 Å². The van der Waals surface area contributed by atoms with Crippen LogP contribution in [0.2, 0.25) is 0 Å². The van der Waals surface area contributed by atoms with Crippen LogP contribution >= 0.6 is 0 Å². The van der Waals surface area contributed by atoms with Gasteiger partial charge in [-0.05, 0) is 44.9 Å². The van der Waals surface area contributed by atoms with Gasteiger partial charge in [-0.1, -0.05) is 12.1 Å². The minimum Gasteiger partial charge on any atom is -0.493 e. The Morgan fingerprint density at radius 3 is 2.60 bits per heavy atom. The predicted molar refractivity (Wildman–Crippen MR) is 81.3 cm³/mol. The summed E-state index contributed by atoms with van der Waals surface area (Å²) in [6.45, 7) is 7.23. The first-order valence-electron chi connectivity index (χ1n) is 7.37. The van der Waals surface area contributed by atoms with E-state index in [1.54, 1.807) is 7.11 Å². The van der Waals surface area contributed by atoms with Crippen molar-refractivity contribution < 1.29 is 9.47 Å². The van der Waals surface area contributed by atoms with Crippen LogP contribution in [0.1, 0.15) is 20.3 Å². The van der Waals surface area contributed by atoms with Crippen molar-refractivity contribution in [2.45, 2.75) is 32.4 Å². The Hall–Kier alpha value is -1.26. The summed E-state index contributed by atoms with van der Waals surface area (Å²) in [6.07, 6.45) is 1.16. The third kappa shape index (κ3) is 3.64. The summed E-state index contributed by atoms with van der Waals surface area (Å²) >= 11 is 0. The Kier molecular flexibility index (Phi) is 5.26. The quantitative estimate of drug-likeness (QED) is 0.866. The molecule has 4 nitrogen and oxygen atoms in total. The summed E-state index contributed by atoms with van der Waals surface area (Å²) in [5, 5.41) is 0. The van der Waals surface area contributed by atoms with Crippen LogP contribution < -0.4 is 15.2 Å². The maximum atomic E-state index is 6.29. The first-order chi connectivity index (χ1) is 9.61. The van der Waals surface area contributed by atoms with E-state index in [2.05, 4.69) is 18.7 Å². The molecule has 20 heavy (non-hydrogen) atoms. The van der Waals surface area contributed by atoms with Gasteiger partial charge in [-0.2, -0.15) is 0 Å². The fourth-order valence-corrected chi connectivity index (χ4v) is 2.69. The number of hydrogen-bond acceptors (Lipinski definition) is 4. The number of nitrogens with zero attached hydrogens (tertiary/aromatic N) is 1. The number of hydrogen-bond donors (Lipinski definition) is 1. The molecule has 0 amide bonds. The van der Waals surface area contributed by atoms with Crippen molar-refractivity contribution in [2.24, 2.45) is 11.7 Å². The van der Waals surface area contributed by atoms with Gasteiger partial charge < -0.3 is 20.1 Å². The first kappa shape index (κ1) is 15.1. The monoisotopic (exact) mass is 278 g/mol. The van der Waals surface area contributed by atoms with E-state index in [1.807, 2.05) is 24.3 Å². The molecule has 1 aromatic carbocycles. The lowest BCUT2D eigenvalue weighted by molar-refractivity contribution is 0.220. The van der Waals surface area contributed by atoms with E-state index < -0.39 is 0 Å². The molecule has 1 fully saturated rings. The second-order valence-corrected chi connectivity index (χ2v) is 5.76. The summed E-state index contributed by atoms with van der Waals surface area (Å²) < 4.78 is 11.1. The largest absolute Gasteiger partial charge is 0.493 e. The van der Waals surface area contributed by atoms with Crippen LogP contribution in [0.25, 0.3) is 0 Å². The SMILES string of the molecule is COc1ccccc1OCC(N)C1CCN(C(C)C)C1. The molecule has 2 atom stereocenters. The van der Waals surface area contributed by atoms with Crippen molar-refractivity contribution in [1.29, 1.82) is 0 Å². The van der Waals surface area contributed by atoms with Crippen LogP contribution in [0, 0.1) is 5.92 Å². The fraction of sp³-hybridized carbons (Fsp3) is 0.625. The van der Waals surface area contributed by atoms with Gasteiger partial charge in [0.05, 0.1) is 7.11 Å². The number of methoxy groups -OCH3 is 1. The molecule has 1 aliphatic heterocycles. The highest BCUT2D eigenvalue weighted by molar-refractivity contribution is 5.39. The lowest BCUT2D eigenvalue weighted by Gasteiger charge is -2.23. The highest BCUT2D eigenvalue weighted by Crippen LogP contribution is 2.27. The Morgan fingerprint density at radius 1 is 1.30 bits per heavy atom. The van der Waals surface area contributed by atoms with Gasteiger partial charge in [0.15, 0.2) is 11.5 Å². The van der Waals surface area contributed by atoms with E-state index in [1.165, 1.54) is 0 Å². The normalized spacial score (nSPS) is 21.1. The van der Waals surface area contributed by atoms with Gasteiger partial charge >= 0.3 is 0 Å². The van der Waals surface area contributed by atoms with Gasteiger partial charge in [0, 0.05) is 18.6 Å². The summed E-state index contributed by atoms with van der Waals surface area (Å²) in [7, 11) is 1.65. The Morgan fingerprint density at radius 2 is 2.00 bits per heavy atom. The van der Waals surface area contributed by atoms with E-state index in [4.69, 9.17) is 15.2 Å². The van der Waals surface area contributed by atoms with Crippen LogP contribution in [-0.4, -0.2) is 43.8 Å². The molecule has 1 aromatic rings. The van der Waals surface area contributed by atoms with Gasteiger partial charge in [-0.15, -0.1) is 0 Å². The molecule has 2 unspecified atom stereocenters. The molecule has 1 aliphatic rings. The van der Waals surface area contributed by atoms with Gasteiger partial charge in [0.2, 0.25) is 0 Å². The zero-order valence-electron chi connectivity index (χ0n) is 12.7. The highest BCUT2D eigenvalue weighted by atomic mass is 16.5. The molecule has 0 aliphatic carbocycles. The summed E-state index contributed by atoms with van der Waals surface area (Å²) in [5.74, 6) is 2.05. The third-order valence-corrected chi connectivity index (χ3v) is 4.09. The third-order valence-electron chi connectivity index (χ3n) is 4.09. The maximum absolute atomic E-state index is 6.29. The van der Waals surface area contributed by atoms with Gasteiger partial charge in [-0.25, -0.2) is 0 Å². The Bertz CT molecular complexity index is 423. The Labute approximate surface area is 121 Å².